The van der Waals surface area contributed by atoms with Gasteiger partial charge in [0.1, 0.15) is 0 Å². The van der Waals surface area contributed by atoms with Crippen LogP contribution in [0.25, 0.3) is 0 Å². The maximum atomic E-state index is 6.78. The summed E-state index contributed by atoms with van der Waals surface area (Å²) in [5, 5.41) is 0. The molecule has 0 radical (unpaired) electrons. The van der Waals surface area contributed by atoms with E-state index in [0.717, 1.165) is 62.5 Å². The fourth-order valence-electron chi connectivity index (χ4n) is 12.2. The van der Waals surface area contributed by atoms with Gasteiger partial charge in [-0.3, -0.25) is 0 Å². The lowest BCUT2D eigenvalue weighted by atomic mass is 9.57. The topological polar surface area (TPSA) is 92.3 Å². The van der Waals surface area contributed by atoms with Gasteiger partial charge in [-0.2, -0.15) is 0 Å². The lowest BCUT2D eigenvalue weighted by molar-refractivity contribution is -0.571. The van der Waals surface area contributed by atoms with Gasteiger partial charge in [0, 0.05) is 37.9 Å². The van der Waals surface area contributed by atoms with Crippen molar-refractivity contribution >= 4 is 0 Å². The number of fused-ring (bicyclic) bond motifs is 4. The third-order valence-electron chi connectivity index (χ3n) is 15.3. The first-order valence-corrected chi connectivity index (χ1v) is 20.7. The van der Waals surface area contributed by atoms with Gasteiger partial charge in [0.15, 0.2) is 23.8 Å². The van der Waals surface area contributed by atoms with Crippen LogP contribution in [0, 0.1) is 47.3 Å². The van der Waals surface area contributed by atoms with Gasteiger partial charge in [-0.05, 0) is 112 Å². The summed E-state index contributed by atoms with van der Waals surface area (Å²) in [6.07, 6.45) is 9.29. The summed E-state index contributed by atoms with van der Waals surface area (Å²) in [7, 11) is 0. The van der Waals surface area contributed by atoms with Crippen molar-refractivity contribution in [2.75, 3.05) is 13.2 Å². The molecule has 2 saturated carbocycles. The monoisotopic (exact) mass is 726 g/mol. The van der Waals surface area contributed by atoms with E-state index >= 15 is 0 Å². The first kappa shape index (κ1) is 36.5. The molecule has 1 aromatic carbocycles. The van der Waals surface area contributed by atoms with Crippen LogP contribution in [0.5, 0.6) is 0 Å². The van der Waals surface area contributed by atoms with Crippen LogP contribution in [0.2, 0.25) is 0 Å². The smallest absolute Gasteiger partial charge is 0.201 e. The van der Waals surface area contributed by atoms with Crippen molar-refractivity contribution in [3.05, 3.63) is 35.4 Å². The molecule has 0 aromatic heterocycles. The molecular weight excluding hydrogens is 664 g/mol. The molecule has 10 heteroatoms. The van der Waals surface area contributed by atoms with Crippen molar-refractivity contribution in [3.63, 3.8) is 0 Å². The van der Waals surface area contributed by atoms with E-state index in [1.54, 1.807) is 0 Å². The van der Waals surface area contributed by atoms with Gasteiger partial charge < -0.3 is 28.4 Å². The second-order valence-corrected chi connectivity index (χ2v) is 18.3. The Morgan fingerprint density at radius 1 is 0.577 bits per heavy atom. The summed E-state index contributed by atoms with van der Waals surface area (Å²) in [5.74, 6) is 1.70. The maximum absolute atomic E-state index is 6.78. The van der Waals surface area contributed by atoms with Gasteiger partial charge in [-0.1, -0.05) is 52.0 Å². The highest BCUT2D eigenvalue weighted by Crippen LogP contribution is 2.62. The number of hydrogen-bond donors (Lipinski definition) is 0. The molecule has 0 N–H and O–H groups in total. The Kier molecular flexibility index (Phi) is 9.66. The zero-order valence-electron chi connectivity index (χ0n) is 32.2. The van der Waals surface area contributed by atoms with E-state index in [1.165, 1.54) is 12.8 Å². The average Bonchev–Trinajstić information content (AvgIpc) is 3.51. The van der Waals surface area contributed by atoms with E-state index in [2.05, 4.69) is 52.0 Å². The lowest BCUT2D eigenvalue weighted by Crippen LogP contribution is -2.70. The van der Waals surface area contributed by atoms with Gasteiger partial charge in [0.25, 0.3) is 0 Å². The van der Waals surface area contributed by atoms with E-state index in [9.17, 15) is 0 Å². The van der Waals surface area contributed by atoms with Crippen molar-refractivity contribution in [3.8, 4) is 0 Å². The fourth-order valence-corrected chi connectivity index (χ4v) is 12.2. The molecule has 52 heavy (non-hydrogen) atoms. The van der Waals surface area contributed by atoms with Crippen LogP contribution >= 0.6 is 0 Å². The highest BCUT2D eigenvalue weighted by molar-refractivity contribution is 5.26. The minimum absolute atomic E-state index is 0.0440. The SMILES string of the molecule is C[C@@H]1CCC2[C@@H](C)[C@@H](CCOCc3ccccc3COCC[C@H]3O[C@@H]4O[C@]5(C)CCC6[C@H](C)CCC([C@H]3C)[C@]64OO5)O[C@@H]3O[C@]4(C)CCC1[C@@]23OO4. The number of benzene rings is 1. The first-order valence-electron chi connectivity index (χ1n) is 20.7. The van der Waals surface area contributed by atoms with Crippen molar-refractivity contribution in [2.45, 2.75) is 167 Å². The van der Waals surface area contributed by atoms with E-state index in [4.69, 9.17) is 48.0 Å². The van der Waals surface area contributed by atoms with E-state index in [1.807, 2.05) is 13.8 Å². The lowest BCUT2D eigenvalue weighted by Gasteiger charge is -2.60. The summed E-state index contributed by atoms with van der Waals surface area (Å²) in [4.78, 5) is 24.6. The second kappa shape index (κ2) is 13.8. The van der Waals surface area contributed by atoms with E-state index < -0.39 is 35.4 Å². The molecule has 1 aromatic rings. The normalized spacial score (nSPS) is 50.6. The zero-order chi connectivity index (χ0) is 35.9. The Bertz CT molecular complexity index is 1340. The number of hydrogen-bond acceptors (Lipinski definition) is 10. The molecule has 11 rings (SSSR count). The Balaban J connectivity index is 0.777. The molecule has 10 aliphatic rings. The molecule has 0 amide bonds. The molecule has 8 heterocycles. The minimum atomic E-state index is -0.751. The van der Waals surface area contributed by atoms with Gasteiger partial charge in [-0.15, -0.1) is 0 Å². The maximum Gasteiger partial charge on any atom is 0.201 e. The van der Waals surface area contributed by atoms with Crippen LogP contribution in [0.4, 0.5) is 0 Å². The van der Waals surface area contributed by atoms with Gasteiger partial charge >= 0.3 is 0 Å². The molecular formula is C42H62O10. The Morgan fingerprint density at radius 3 is 1.46 bits per heavy atom. The third-order valence-corrected chi connectivity index (χ3v) is 15.3. The molecule has 2 spiro atoms. The van der Waals surface area contributed by atoms with Crippen LogP contribution in [0.15, 0.2) is 24.3 Å². The molecule has 4 bridgehead atoms. The molecule has 10 fully saturated rings. The molecule has 2 aliphatic carbocycles. The highest BCUT2D eigenvalue weighted by atomic mass is 17.3. The molecule has 10 nitrogen and oxygen atoms in total. The molecule has 8 saturated heterocycles. The Labute approximate surface area is 310 Å². The highest BCUT2D eigenvalue weighted by Gasteiger charge is 2.70. The molecule has 4 unspecified atom stereocenters. The third kappa shape index (κ3) is 5.88. The van der Waals surface area contributed by atoms with Crippen molar-refractivity contribution in [2.24, 2.45) is 47.3 Å². The van der Waals surface area contributed by atoms with E-state index in [-0.39, 0.29) is 12.2 Å². The van der Waals surface area contributed by atoms with Gasteiger partial charge in [0.2, 0.25) is 11.6 Å². The number of rotatable bonds is 10. The summed E-state index contributed by atoms with van der Waals surface area (Å²) >= 11 is 0. The largest absolute Gasteiger partial charge is 0.377 e. The van der Waals surface area contributed by atoms with Gasteiger partial charge in [0.05, 0.1) is 25.4 Å². The summed E-state index contributed by atoms with van der Waals surface area (Å²) in [6, 6.07) is 8.45. The Hall–Kier alpha value is -1.18. The van der Waals surface area contributed by atoms with Crippen molar-refractivity contribution < 1.29 is 48.0 Å². The zero-order valence-corrected chi connectivity index (χ0v) is 32.2. The predicted molar refractivity (Wildman–Crippen MR) is 189 cm³/mol. The summed E-state index contributed by atoms with van der Waals surface area (Å²) < 4.78 is 39.3. The van der Waals surface area contributed by atoms with Crippen LogP contribution in [0.1, 0.15) is 117 Å². The van der Waals surface area contributed by atoms with Crippen LogP contribution in [-0.4, -0.2) is 60.8 Å². The quantitative estimate of drug-likeness (QED) is 0.175. The first-order chi connectivity index (χ1) is 25.1. The van der Waals surface area contributed by atoms with Crippen LogP contribution in [0.3, 0.4) is 0 Å². The molecule has 290 valence electrons. The summed E-state index contributed by atoms with van der Waals surface area (Å²) in [5.41, 5.74) is 1.28. The van der Waals surface area contributed by atoms with Crippen molar-refractivity contribution in [1.29, 1.82) is 0 Å². The standard InChI is InChI=1S/C42H62O10/c1-25-11-13-33-27(3)35(45-37-41(33)31(25)15-19-39(5,47-37)49-51-41)17-21-43-23-29-9-7-8-10-30(29)24-44-22-18-36-28(4)34-14-12-26(2)32-16-20-40(6)48-38(46-36)42(32,34)52-50-40/h7-10,25-28,31-38H,11-24H2,1-6H3/t25-,26-,27-,28-,31?,32?,33?,34?,35-,36-,37-,38-,39+,40+,41-,42-/m1/s1. The van der Waals surface area contributed by atoms with Gasteiger partial charge in [-0.25, -0.2) is 19.6 Å². The fraction of sp³-hybridized carbons (Fsp3) is 0.857. The van der Waals surface area contributed by atoms with Crippen LogP contribution < -0.4 is 0 Å². The van der Waals surface area contributed by atoms with E-state index in [0.29, 0.717) is 73.8 Å². The van der Waals surface area contributed by atoms with Crippen molar-refractivity contribution in [1.82, 2.24) is 0 Å². The van der Waals surface area contributed by atoms with Crippen LogP contribution in [-0.2, 0) is 61.2 Å². The molecule has 8 aliphatic heterocycles. The Morgan fingerprint density at radius 2 is 1.02 bits per heavy atom. The average molecular weight is 727 g/mol. The number of ether oxygens (including phenoxy) is 6. The molecule has 16 atom stereocenters. The predicted octanol–water partition coefficient (Wildman–Crippen LogP) is 8.00. The second-order valence-electron chi connectivity index (χ2n) is 18.3. The minimum Gasteiger partial charge on any atom is -0.377 e. The summed E-state index contributed by atoms with van der Waals surface area (Å²) in [6.45, 7) is 15.6.